The van der Waals surface area contributed by atoms with E-state index in [1.54, 1.807) is 0 Å². The number of nitrogens with one attached hydrogen (secondary N) is 1. The number of nitrogens with zero attached hydrogens (tertiary/aromatic N) is 2. The molecule has 3 nitrogen and oxygen atoms in total. The van der Waals surface area contributed by atoms with Gasteiger partial charge in [0.25, 0.3) is 0 Å². The van der Waals surface area contributed by atoms with E-state index in [4.69, 9.17) is 4.98 Å². The summed E-state index contributed by atoms with van der Waals surface area (Å²) in [6.07, 6.45) is 3.14. The normalized spacial score (nSPS) is 11.6. The fraction of sp³-hybridized carbons (Fsp3) is 0.194. The largest absolute Gasteiger partial charge is 0.339 e. The van der Waals surface area contributed by atoms with Crippen LogP contribution in [0.25, 0.3) is 28.0 Å². The summed E-state index contributed by atoms with van der Waals surface area (Å²) in [4.78, 5) is 5.08. The summed E-state index contributed by atoms with van der Waals surface area (Å²) >= 11 is 0. The molecule has 0 spiro atoms. The first kappa shape index (κ1) is 22.0. The van der Waals surface area contributed by atoms with Crippen molar-refractivity contribution >= 4 is 17.2 Å². The topological polar surface area (TPSA) is 29.3 Å². The first-order valence-electron chi connectivity index (χ1n) is 12.0. The molecule has 0 bridgehead atoms. The van der Waals surface area contributed by atoms with Crippen molar-refractivity contribution in [2.75, 3.05) is 5.32 Å². The van der Waals surface area contributed by atoms with Gasteiger partial charge in [0.05, 0.1) is 0 Å². The van der Waals surface area contributed by atoms with Crippen molar-refractivity contribution in [2.45, 2.75) is 39.5 Å². The van der Waals surface area contributed by atoms with Crippen molar-refractivity contribution in [2.24, 2.45) is 0 Å². The van der Waals surface area contributed by atoms with Gasteiger partial charge < -0.3 is 5.32 Å². The summed E-state index contributed by atoms with van der Waals surface area (Å²) in [5.74, 6) is 0.974. The maximum atomic E-state index is 5.08. The predicted octanol–water partition coefficient (Wildman–Crippen LogP) is 8.27. The van der Waals surface area contributed by atoms with Crippen molar-refractivity contribution in [3.63, 3.8) is 0 Å². The number of benzene rings is 3. The molecule has 5 aromatic rings. The highest BCUT2D eigenvalue weighted by Gasteiger charge is 2.17. The van der Waals surface area contributed by atoms with Gasteiger partial charge in [-0.15, -0.1) is 0 Å². The number of hydrogen-bond donors (Lipinski definition) is 1. The van der Waals surface area contributed by atoms with Crippen LogP contribution in [0.15, 0.2) is 97.2 Å². The second-order valence-electron chi connectivity index (χ2n) is 9.82. The Kier molecular flexibility index (Phi) is 5.70. The molecule has 3 aromatic carbocycles. The smallest absolute Gasteiger partial charge is 0.143 e. The van der Waals surface area contributed by atoms with E-state index < -0.39 is 0 Å². The molecule has 0 aliphatic carbocycles. The number of rotatable bonds is 5. The Labute approximate surface area is 202 Å². The number of hydrogen-bond acceptors (Lipinski definition) is 2. The number of anilines is 2. The Morgan fingerprint density at radius 1 is 0.765 bits per heavy atom. The van der Waals surface area contributed by atoms with Gasteiger partial charge in [0.2, 0.25) is 0 Å². The molecule has 34 heavy (non-hydrogen) atoms. The van der Waals surface area contributed by atoms with Crippen LogP contribution >= 0.6 is 0 Å². The highest BCUT2D eigenvalue weighted by atomic mass is 15.1. The van der Waals surface area contributed by atoms with Crippen LogP contribution in [0.3, 0.4) is 0 Å². The Bertz CT molecular complexity index is 1400. The maximum Gasteiger partial charge on any atom is 0.143 e. The first-order chi connectivity index (χ1) is 16.4. The Hall–Kier alpha value is -3.85. The maximum absolute atomic E-state index is 5.08. The van der Waals surface area contributed by atoms with Crippen LogP contribution in [0.2, 0.25) is 0 Å². The molecule has 2 aromatic heterocycles. The molecular weight excluding hydrogens is 414 g/mol. The van der Waals surface area contributed by atoms with E-state index in [9.17, 15) is 0 Å². The van der Waals surface area contributed by atoms with Crippen LogP contribution in [-0.2, 0) is 11.8 Å². The summed E-state index contributed by atoms with van der Waals surface area (Å²) in [6.45, 7) is 8.90. The Morgan fingerprint density at radius 3 is 2.12 bits per heavy atom. The molecule has 0 saturated carbocycles. The van der Waals surface area contributed by atoms with Gasteiger partial charge in [0.1, 0.15) is 17.2 Å². The lowest BCUT2D eigenvalue weighted by Gasteiger charge is -2.19. The van der Waals surface area contributed by atoms with Crippen LogP contribution < -0.4 is 5.32 Å². The van der Waals surface area contributed by atoms with Crippen LogP contribution in [-0.4, -0.2) is 9.38 Å². The Morgan fingerprint density at radius 2 is 1.47 bits per heavy atom. The average molecular weight is 446 g/mol. The monoisotopic (exact) mass is 445 g/mol. The van der Waals surface area contributed by atoms with Gasteiger partial charge in [-0.25, -0.2) is 4.98 Å². The van der Waals surface area contributed by atoms with Crippen LogP contribution in [0, 0.1) is 0 Å². The number of aryl methyl sites for hydroxylation is 1. The molecule has 2 heterocycles. The molecule has 0 atom stereocenters. The predicted molar refractivity (Wildman–Crippen MR) is 144 cm³/mol. The van der Waals surface area contributed by atoms with E-state index in [0.717, 1.165) is 40.4 Å². The lowest BCUT2D eigenvalue weighted by atomic mass is 9.87. The standard InChI is InChI=1S/C31H31N3/c1-5-22-11-13-24(14-12-22)29-30(32-27-17-15-26(16-18-27)31(2,3)4)34-20-19-25(21-28(34)33-29)23-9-7-6-8-10-23/h6-21,32H,5H2,1-4H3. The van der Waals surface area contributed by atoms with Gasteiger partial charge in [0.15, 0.2) is 0 Å². The van der Waals surface area contributed by atoms with Gasteiger partial charge in [-0.1, -0.05) is 94.4 Å². The van der Waals surface area contributed by atoms with Gasteiger partial charge in [0, 0.05) is 17.4 Å². The van der Waals surface area contributed by atoms with Crippen LogP contribution in [0.4, 0.5) is 11.5 Å². The lowest BCUT2D eigenvalue weighted by Crippen LogP contribution is -2.10. The fourth-order valence-electron chi connectivity index (χ4n) is 4.26. The van der Waals surface area contributed by atoms with Crippen molar-refractivity contribution in [1.82, 2.24) is 9.38 Å². The molecule has 0 unspecified atom stereocenters. The molecule has 0 radical (unpaired) electrons. The van der Waals surface area contributed by atoms with E-state index in [1.807, 2.05) is 6.07 Å². The second-order valence-corrected chi connectivity index (χ2v) is 9.82. The molecule has 0 fully saturated rings. The van der Waals surface area contributed by atoms with E-state index in [2.05, 4.69) is 129 Å². The summed E-state index contributed by atoms with van der Waals surface area (Å²) < 4.78 is 2.15. The minimum Gasteiger partial charge on any atom is -0.339 e. The molecule has 0 aliphatic heterocycles. The third-order valence-electron chi connectivity index (χ3n) is 6.38. The van der Waals surface area contributed by atoms with E-state index >= 15 is 0 Å². The lowest BCUT2D eigenvalue weighted by molar-refractivity contribution is 0.590. The van der Waals surface area contributed by atoms with E-state index in [1.165, 1.54) is 16.7 Å². The van der Waals surface area contributed by atoms with Gasteiger partial charge in [-0.3, -0.25) is 4.40 Å². The third kappa shape index (κ3) is 4.34. The summed E-state index contributed by atoms with van der Waals surface area (Å²) in [7, 11) is 0. The SMILES string of the molecule is CCc1ccc(-c2nc3cc(-c4ccccc4)ccn3c2Nc2ccc(C(C)(C)C)cc2)cc1. The second kappa shape index (κ2) is 8.83. The van der Waals surface area contributed by atoms with E-state index in [0.29, 0.717) is 0 Å². The van der Waals surface area contributed by atoms with Crippen LogP contribution in [0.1, 0.15) is 38.8 Å². The van der Waals surface area contributed by atoms with Gasteiger partial charge in [-0.05, 0) is 58.4 Å². The average Bonchev–Trinajstić information content (AvgIpc) is 3.22. The summed E-state index contributed by atoms with van der Waals surface area (Å²) in [6, 6.07) is 32.2. The molecule has 170 valence electrons. The molecule has 0 amide bonds. The van der Waals surface area contributed by atoms with Crippen molar-refractivity contribution in [1.29, 1.82) is 0 Å². The number of imidazole rings is 1. The number of aromatic nitrogens is 2. The van der Waals surface area contributed by atoms with Crippen molar-refractivity contribution < 1.29 is 0 Å². The zero-order valence-electron chi connectivity index (χ0n) is 20.3. The fourth-order valence-corrected chi connectivity index (χ4v) is 4.26. The highest BCUT2D eigenvalue weighted by Crippen LogP contribution is 2.33. The summed E-state index contributed by atoms with van der Waals surface area (Å²) in [5, 5.41) is 3.66. The highest BCUT2D eigenvalue weighted by molar-refractivity contribution is 5.81. The summed E-state index contributed by atoms with van der Waals surface area (Å²) in [5.41, 5.74) is 9.15. The molecule has 5 rings (SSSR count). The Balaban J connectivity index is 1.61. The van der Waals surface area contributed by atoms with Crippen molar-refractivity contribution in [3.05, 3.63) is 108 Å². The third-order valence-corrected chi connectivity index (χ3v) is 6.38. The molecule has 0 aliphatic rings. The molecule has 0 saturated heterocycles. The minimum absolute atomic E-state index is 0.127. The molecule has 3 heteroatoms. The van der Waals surface area contributed by atoms with Gasteiger partial charge >= 0.3 is 0 Å². The zero-order valence-corrected chi connectivity index (χ0v) is 20.3. The van der Waals surface area contributed by atoms with Gasteiger partial charge in [-0.2, -0.15) is 0 Å². The number of pyridine rings is 1. The molecule has 1 N–H and O–H groups in total. The zero-order chi connectivity index (χ0) is 23.7. The first-order valence-corrected chi connectivity index (χ1v) is 12.0. The minimum atomic E-state index is 0.127. The molecular formula is C31H31N3. The van der Waals surface area contributed by atoms with Crippen molar-refractivity contribution in [3.8, 4) is 22.4 Å². The van der Waals surface area contributed by atoms with E-state index in [-0.39, 0.29) is 5.41 Å². The quantitative estimate of drug-likeness (QED) is 0.295. The number of fused-ring (bicyclic) bond motifs is 1. The van der Waals surface area contributed by atoms with Crippen LogP contribution in [0.5, 0.6) is 0 Å².